The van der Waals surface area contributed by atoms with Crippen LogP contribution in [0.25, 0.3) is 22.1 Å². The summed E-state index contributed by atoms with van der Waals surface area (Å²) in [6, 6.07) is 2.18. The van der Waals surface area contributed by atoms with Crippen molar-refractivity contribution in [2.24, 2.45) is 5.92 Å². The molecule has 24 heavy (non-hydrogen) atoms. The first kappa shape index (κ1) is 13.9. The molecule has 0 spiro atoms. The van der Waals surface area contributed by atoms with Crippen LogP contribution in [0.15, 0.2) is 24.8 Å². The highest BCUT2D eigenvalue weighted by molar-refractivity contribution is 6.01. The van der Waals surface area contributed by atoms with E-state index >= 15 is 0 Å². The third kappa shape index (κ3) is 2.03. The molecular formula is C17H18FN5O. The summed E-state index contributed by atoms with van der Waals surface area (Å²) in [5.74, 6) is -0.422. The van der Waals surface area contributed by atoms with E-state index in [-0.39, 0.29) is 11.9 Å². The molecule has 1 amide bonds. The van der Waals surface area contributed by atoms with E-state index in [4.69, 9.17) is 0 Å². The fraction of sp³-hybridized carbons (Fsp3) is 0.471. The summed E-state index contributed by atoms with van der Waals surface area (Å²) in [5, 5.41) is 1.04. The SMILES string of the molecule is O=C(C1CC1F)N1CCCC(n2cnc3cnc4[nH]ccc4c32)C1. The molecule has 1 N–H and O–H groups in total. The number of carbonyl (C=O) groups excluding carboxylic acids is 1. The number of alkyl halides is 1. The van der Waals surface area contributed by atoms with Crippen LogP contribution in [0.3, 0.4) is 0 Å². The highest BCUT2D eigenvalue weighted by atomic mass is 19.1. The molecule has 2 aliphatic rings. The zero-order valence-electron chi connectivity index (χ0n) is 13.2. The van der Waals surface area contributed by atoms with Crippen molar-refractivity contribution in [2.45, 2.75) is 31.5 Å². The van der Waals surface area contributed by atoms with Gasteiger partial charge in [-0.05, 0) is 25.3 Å². The van der Waals surface area contributed by atoms with Crippen LogP contribution in [0.1, 0.15) is 25.3 Å². The number of hydrogen-bond acceptors (Lipinski definition) is 3. The van der Waals surface area contributed by atoms with Gasteiger partial charge in [0.25, 0.3) is 0 Å². The Balaban J connectivity index is 1.50. The summed E-state index contributed by atoms with van der Waals surface area (Å²) in [5.41, 5.74) is 2.75. The van der Waals surface area contributed by atoms with Crippen LogP contribution >= 0.6 is 0 Å². The molecule has 1 aliphatic heterocycles. The van der Waals surface area contributed by atoms with E-state index in [1.165, 1.54) is 0 Å². The number of likely N-dealkylation sites (tertiary alicyclic amines) is 1. The molecule has 124 valence electrons. The quantitative estimate of drug-likeness (QED) is 0.786. The van der Waals surface area contributed by atoms with E-state index in [0.717, 1.165) is 41.5 Å². The standard InChI is InChI=1S/C17H18FN5O/c18-13-6-12(13)17(24)22-5-1-2-10(8-22)23-9-21-14-7-20-16-11(15(14)23)3-4-19-16/h3-4,7,9-10,12-13H,1-2,5-6,8H2,(H,19,20). The maximum atomic E-state index is 13.2. The summed E-state index contributed by atoms with van der Waals surface area (Å²) < 4.78 is 15.4. The number of nitrogens with zero attached hydrogens (tertiary/aromatic N) is 4. The molecule has 2 fully saturated rings. The predicted octanol–water partition coefficient (Wildman–Crippen LogP) is 2.43. The minimum atomic E-state index is -0.933. The number of rotatable bonds is 2. The van der Waals surface area contributed by atoms with Crippen molar-refractivity contribution in [2.75, 3.05) is 13.1 Å². The van der Waals surface area contributed by atoms with E-state index < -0.39 is 12.1 Å². The Hall–Kier alpha value is -2.44. The van der Waals surface area contributed by atoms with Crippen LogP contribution in [-0.4, -0.2) is 49.6 Å². The molecule has 0 radical (unpaired) electrons. The maximum Gasteiger partial charge on any atom is 0.228 e. The third-order valence-electron chi connectivity index (χ3n) is 5.25. The van der Waals surface area contributed by atoms with Crippen LogP contribution < -0.4 is 0 Å². The number of carbonyl (C=O) groups is 1. The van der Waals surface area contributed by atoms with Crippen molar-refractivity contribution in [3.63, 3.8) is 0 Å². The highest BCUT2D eigenvalue weighted by Crippen LogP contribution is 2.37. The number of aromatic nitrogens is 4. The molecule has 6 nitrogen and oxygen atoms in total. The van der Waals surface area contributed by atoms with Gasteiger partial charge in [0, 0.05) is 24.7 Å². The van der Waals surface area contributed by atoms with Crippen LogP contribution in [-0.2, 0) is 4.79 Å². The largest absolute Gasteiger partial charge is 0.346 e. The molecule has 5 rings (SSSR count). The average Bonchev–Trinajstić information content (AvgIpc) is 3.03. The summed E-state index contributed by atoms with van der Waals surface area (Å²) in [6.45, 7) is 1.36. The van der Waals surface area contributed by atoms with E-state index in [0.29, 0.717) is 13.0 Å². The van der Waals surface area contributed by atoms with Crippen LogP contribution in [0, 0.1) is 5.92 Å². The number of halogens is 1. The van der Waals surface area contributed by atoms with Crippen LogP contribution in [0.4, 0.5) is 4.39 Å². The molecule has 3 atom stereocenters. The first-order chi connectivity index (χ1) is 11.7. The molecule has 3 aromatic rings. The van der Waals surface area contributed by atoms with E-state index in [1.54, 1.807) is 6.20 Å². The maximum absolute atomic E-state index is 13.2. The van der Waals surface area contributed by atoms with Gasteiger partial charge in [-0.1, -0.05) is 0 Å². The lowest BCUT2D eigenvalue weighted by Gasteiger charge is -2.34. The molecule has 3 unspecified atom stereocenters. The molecule has 4 heterocycles. The number of nitrogens with one attached hydrogen (secondary N) is 1. The smallest absolute Gasteiger partial charge is 0.228 e. The Labute approximate surface area is 137 Å². The number of fused-ring (bicyclic) bond motifs is 3. The topological polar surface area (TPSA) is 66.8 Å². The third-order valence-corrected chi connectivity index (χ3v) is 5.25. The van der Waals surface area contributed by atoms with Gasteiger partial charge in [0.05, 0.1) is 30.0 Å². The summed E-state index contributed by atoms with van der Waals surface area (Å²) in [4.78, 5) is 26.2. The Morgan fingerprint density at radius 1 is 1.38 bits per heavy atom. The lowest BCUT2D eigenvalue weighted by Crippen LogP contribution is -2.41. The van der Waals surface area contributed by atoms with Crippen molar-refractivity contribution in [1.29, 1.82) is 0 Å². The van der Waals surface area contributed by atoms with E-state index in [9.17, 15) is 9.18 Å². The van der Waals surface area contributed by atoms with Crippen molar-refractivity contribution in [3.8, 4) is 0 Å². The minimum Gasteiger partial charge on any atom is -0.346 e. The van der Waals surface area contributed by atoms with Gasteiger partial charge < -0.3 is 14.5 Å². The van der Waals surface area contributed by atoms with Gasteiger partial charge in [0.1, 0.15) is 17.3 Å². The monoisotopic (exact) mass is 327 g/mol. The molecule has 7 heteroatoms. The first-order valence-electron chi connectivity index (χ1n) is 8.44. The number of H-pyrrole nitrogens is 1. The first-order valence-corrected chi connectivity index (χ1v) is 8.44. The summed E-state index contributed by atoms with van der Waals surface area (Å²) in [6.07, 6.45) is 6.87. The van der Waals surface area contributed by atoms with Gasteiger partial charge in [-0.2, -0.15) is 0 Å². The molecular weight excluding hydrogens is 309 g/mol. The van der Waals surface area contributed by atoms with Crippen molar-refractivity contribution in [1.82, 2.24) is 24.4 Å². The van der Waals surface area contributed by atoms with Gasteiger partial charge in [-0.25, -0.2) is 14.4 Å². The Morgan fingerprint density at radius 3 is 3.08 bits per heavy atom. The van der Waals surface area contributed by atoms with Crippen LogP contribution in [0.2, 0.25) is 0 Å². The average molecular weight is 327 g/mol. The van der Waals surface area contributed by atoms with Gasteiger partial charge >= 0.3 is 0 Å². The molecule has 1 saturated carbocycles. The molecule has 3 aromatic heterocycles. The number of pyridine rings is 1. The zero-order valence-corrected chi connectivity index (χ0v) is 13.2. The normalized spacial score (nSPS) is 27.0. The number of piperidine rings is 1. The molecule has 0 bridgehead atoms. The number of hydrogen-bond donors (Lipinski definition) is 1. The van der Waals surface area contributed by atoms with Gasteiger partial charge in [-0.3, -0.25) is 4.79 Å². The van der Waals surface area contributed by atoms with E-state index in [2.05, 4.69) is 19.5 Å². The molecule has 1 saturated heterocycles. The van der Waals surface area contributed by atoms with Crippen molar-refractivity contribution >= 4 is 28.0 Å². The number of aromatic amines is 1. The zero-order chi connectivity index (χ0) is 16.3. The second-order valence-electron chi connectivity index (χ2n) is 6.82. The fourth-order valence-corrected chi connectivity index (χ4v) is 3.84. The highest BCUT2D eigenvalue weighted by Gasteiger charge is 2.46. The Bertz CT molecular complexity index is 932. The number of imidazole rings is 1. The Kier molecular flexibility index (Phi) is 2.92. The number of amides is 1. The van der Waals surface area contributed by atoms with Crippen LogP contribution in [0.5, 0.6) is 0 Å². The van der Waals surface area contributed by atoms with Crippen molar-refractivity contribution < 1.29 is 9.18 Å². The predicted molar refractivity (Wildman–Crippen MR) is 87.2 cm³/mol. The Morgan fingerprint density at radius 2 is 2.25 bits per heavy atom. The fourth-order valence-electron chi connectivity index (χ4n) is 3.84. The molecule has 1 aliphatic carbocycles. The lowest BCUT2D eigenvalue weighted by molar-refractivity contribution is -0.134. The van der Waals surface area contributed by atoms with E-state index in [1.807, 2.05) is 23.5 Å². The van der Waals surface area contributed by atoms with Crippen molar-refractivity contribution in [3.05, 3.63) is 24.8 Å². The van der Waals surface area contributed by atoms with Gasteiger partial charge in [0.15, 0.2) is 0 Å². The summed E-state index contributed by atoms with van der Waals surface area (Å²) >= 11 is 0. The lowest BCUT2D eigenvalue weighted by atomic mass is 10.0. The second kappa shape index (κ2) is 5.03. The summed E-state index contributed by atoms with van der Waals surface area (Å²) in [7, 11) is 0. The second-order valence-corrected chi connectivity index (χ2v) is 6.82. The van der Waals surface area contributed by atoms with Gasteiger partial charge in [0.2, 0.25) is 5.91 Å². The molecule has 0 aromatic carbocycles. The minimum absolute atomic E-state index is 0.0231. The van der Waals surface area contributed by atoms with Gasteiger partial charge in [-0.15, -0.1) is 0 Å².